The van der Waals surface area contributed by atoms with Crippen LogP contribution in [0.25, 0.3) is 10.8 Å². The smallest absolute Gasteiger partial charge is 0.225 e. The molecule has 1 aliphatic rings. The van der Waals surface area contributed by atoms with Crippen molar-refractivity contribution in [2.24, 2.45) is 0 Å². The molecule has 1 atom stereocenters. The molecule has 3 aromatic carbocycles. The first-order chi connectivity index (χ1) is 12.1. The van der Waals surface area contributed by atoms with Gasteiger partial charge in [-0.05, 0) is 28.6 Å². The summed E-state index contributed by atoms with van der Waals surface area (Å²) in [6, 6.07) is 15.5. The second-order valence-electron chi connectivity index (χ2n) is 6.11. The number of anilines is 1. The third-order valence-corrected chi connectivity index (χ3v) is 4.95. The Hall–Kier alpha value is -2.72. The van der Waals surface area contributed by atoms with Gasteiger partial charge in [0.2, 0.25) is 5.91 Å². The second-order valence-corrected chi connectivity index (χ2v) is 6.52. The number of fused-ring (bicyclic) bond motifs is 3. The Kier molecular flexibility index (Phi) is 3.77. The fourth-order valence-electron chi connectivity index (χ4n) is 3.45. The lowest BCUT2D eigenvalue weighted by Gasteiger charge is -2.27. The van der Waals surface area contributed by atoms with Crippen molar-refractivity contribution in [1.29, 1.82) is 0 Å². The third kappa shape index (κ3) is 2.59. The van der Waals surface area contributed by atoms with Gasteiger partial charge in [-0.15, -0.1) is 0 Å². The van der Waals surface area contributed by atoms with Crippen LogP contribution in [0.15, 0.2) is 48.5 Å². The zero-order valence-corrected chi connectivity index (χ0v) is 14.3. The summed E-state index contributed by atoms with van der Waals surface area (Å²) in [4.78, 5) is 12.3. The van der Waals surface area contributed by atoms with Crippen LogP contribution in [-0.2, 0) is 4.79 Å². The van der Waals surface area contributed by atoms with E-state index in [0.717, 1.165) is 27.6 Å². The number of carbonyl (C=O) groups is 1. The van der Waals surface area contributed by atoms with Crippen LogP contribution in [0.3, 0.4) is 0 Å². The van der Waals surface area contributed by atoms with Gasteiger partial charge in [0.15, 0.2) is 11.5 Å². The van der Waals surface area contributed by atoms with E-state index in [0.29, 0.717) is 12.2 Å². The van der Waals surface area contributed by atoms with E-state index in [1.54, 1.807) is 12.1 Å². The molecule has 1 aliphatic heterocycles. The molecule has 3 aromatic rings. The second kappa shape index (κ2) is 5.97. The number of rotatable bonds is 2. The Morgan fingerprint density at radius 1 is 1.20 bits per heavy atom. The molecule has 0 aromatic heterocycles. The summed E-state index contributed by atoms with van der Waals surface area (Å²) < 4.78 is 5.21. The van der Waals surface area contributed by atoms with Crippen LogP contribution in [0, 0.1) is 0 Å². The first-order valence-electron chi connectivity index (χ1n) is 7.96. The standard InChI is InChI=1S/C20H16ClNO3/c1-25-17-9-12(8-16(21)20(17)24)15-10-18(23)22-19-13-5-3-2-4-11(13)6-7-14(15)19/h2-9,15,24H,10H2,1H3,(H,22,23)/t15-/m1/s1. The molecule has 4 rings (SSSR count). The van der Waals surface area contributed by atoms with Crippen LogP contribution in [0.5, 0.6) is 11.5 Å². The molecule has 0 radical (unpaired) electrons. The molecule has 0 spiro atoms. The summed E-state index contributed by atoms with van der Waals surface area (Å²) in [6.07, 6.45) is 0.315. The monoisotopic (exact) mass is 353 g/mol. The predicted octanol–water partition coefficient (Wildman–Crippen LogP) is 4.68. The number of hydrogen-bond donors (Lipinski definition) is 2. The SMILES string of the molecule is COc1cc([C@H]2CC(=O)Nc3c2ccc2ccccc32)cc(Cl)c1O. The van der Waals surface area contributed by atoms with E-state index in [9.17, 15) is 9.90 Å². The van der Waals surface area contributed by atoms with Gasteiger partial charge < -0.3 is 15.2 Å². The number of aromatic hydroxyl groups is 1. The van der Waals surface area contributed by atoms with Crippen LogP contribution in [0.2, 0.25) is 5.02 Å². The Labute approximate surface area is 150 Å². The van der Waals surface area contributed by atoms with E-state index in [4.69, 9.17) is 16.3 Å². The van der Waals surface area contributed by atoms with Crippen LogP contribution in [0.1, 0.15) is 23.5 Å². The lowest BCUT2D eigenvalue weighted by molar-refractivity contribution is -0.116. The normalized spacial score (nSPS) is 16.4. The van der Waals surface area contributed by atoms with Crippen LogP contribution in [-0.4, -0.2) is 18.1 Å². The minimum Gasteiger partial charge on any atom is -0.503 e. The molecule has 0 unspecified atom stereocenters. The molecule has 126 valence electrons. The van der Waals surface area contributed by atoms with Gasteiger partial charge in [0, 0.05) is 17.7 Å². The van der Waals surface area contributed by atoms with E-state index >= 15 is 0 Å². The van der Waals surface area contributed by atoms with E-state index < -0.39 is 0 Å². The highest BCUT2D eigenvalue weighted by Crippen LogP contribution is 2.44. The highest BCUT2D eigenvalue weighted by atomic mass is 35.5. The zero-order chi connectivity index (χ0) is 17.6. The molecular weight excluding hydrogens is 338 g/mol. The van der Waals surface area contributed by atoms with E-state index in [2.05, 4.69) is 11.4 Å². The quantitative estimate of drug-likeness (QED) is 0.703. The van der Waals surface area contributed by atoms with E-state index in [-0.39, 0.29) is 22.6 Å². The summed E-state index contributed by atoms with van der Waals surface area (Å²) in [6.45, 7) is 0. The fraction of sp³-hybridized carbons (Fsp3) is 0.150. The molecule has 0 bridgehead atoms. The van der Waals surface area contributed by atoms with Crippen LogP contribution < -0.4 is 10.1 Å². The molecule has 4 nitrogen and oxygen atoms in total. The molecule has 25 heavy (non-hydrogen) atoms. The Morgan fingerprint density at radius 3 is 2.80 bits per heavy atom. The van der Waals surface area contributed by atoms with Crippen molar-refractivity contribution in [3.8, 4) is 11.5 Å². The number of amides is 1. The number of hydrogen-bond acceptors (Lipinski definition) is 3. The van der Waals surface area contributed by atoms with Crippen molar-refractivity contribution in [3.05, 3.63) is 64.7 Å². The maximum atomic E-state index is 12.3. The highest BCUT2D eigenvalue weighted by Gasteiger charge is 2.29. The number of phenols is 1. The summed E-state index contributed by atoms with van der Waals surface area (Å²) >= 11 is 6.14. The fourth-order valence-corrected chi connectivity index (χ4v) is 3.67. The number of methoxy groups -OCH3 is 1. The Balaban J connectivity index is 1.92. The lowest BCUT2D eigenvalue weighted by Crippen LogP contribution is -2.23. The van der Waals surface area contributed by atoms with Crippen LogP contribution >= 0.6 is 11.6 Å². The van der Waals surface area contributed by atoms with E-state index in [1.807, 2.05) is 30.3 Å². The number of carbonyl (C=O) groups excluding carboxylic acids is 1. The summed E-state index contributed by atoms with van der Waals surface area (Å²) in [5.74, 6) is 0.0140. The van der Waals surface area contributed by atoms with Gasteiger partial charge in [0.1, 0.15) is 0 Å². The summed E-state index contributed by atoms with van der Waals surface area (Å²) in [5.41, 5.74) is 2.70. The van der Waals surface area contributed by atoms with Gasteiger partial charge in [-0.25, -0.2) is 0 Å². The van der Waals surface area contributed by atoms with Crippen molar-refractivity contribution in [3.63, 3.8) is 0 Å². The van der Waals surface area contributed by atoms with Gasteiger partial charge in [0.25, 0.3) is 0 Å². The first kappa shape index (κ1) is 15.8. The van der Waals surface area contributed by atoms with Gasteiger partial charge in [0.05, 0.1) is 17.8 Å². The molecule has 5 heteroatoms. The van der Waals surface area contributed by atoms with Gasteiger partial charge in [-0.1, -0.05) is 48.0 Å². The number of ether oxygens (including phenoxy) is 1. The van der Waals surface area contributed by atoms with Crippen molar-refractivity contribution in [2.75, 3.05) is 12.4 Å². The van der Waals surface area contributed by atoms with Gasteiger partial charge in [-0.2, -0.15) is 0 Å². The van der Waals surface area contributed by atoms with E-state index in [1.165, 1.54) is 7.11 Å². The first-order valence-corrected chi connectivity index (χ1v) is 8.34. The topological polar surface area (TPSA) is 58.6 Å². The molecule has 0 fully saturated rings. The van der Waals surface area contributed by atoms with Gasteiger partial charge in [-0.3, -0.25) is 4.79 Å². The predicted molar refractivity (Wildman–Crippen MR) is 98.7 cm³/mol. The Bertz CT molecular complexity index is 1000. The number of phenolic OH excluding ortho intramolecular Hbond substituents is 1. The summed E-state index contributed by atoms with van der Waals surface area (Å²) in [5, 5.41) is 15.3. The minimum absolute atomic E-state index is 0.0444. The third-order valence-electron chi connectivity index (χ3n) is 4.66. The van der Waals surface area contributed by atoms with Gasteiger partial charge >= 0.3 is 0 Å². The molecule has 1 amide bonds. The Morgan fingerprint density at radius 2 is 2.00 bits per heavy atom. The summed E-state index contributed by atoms with van der Waals surface area (Å²) in [7, 11) is 1.48. The van der Waals surface area contributed by atoms with Crippen molar-refractivity contribution in [2.45, 2.75) is 12.3 Å². The minimum atomic E-state index is -0.152. The molecule has 0 aliphatic carbocycles. The van der Waals surface area contributed by atoms with Crippen molar-refractivity contribution >= 4 is 34.0 Å². The maximum absolute atomic E-state index is 12.3. The largest absolute Gasteiger partial charge is 0.503 e. The van der Waals surface area contributed by atoms with Crippen molar-refractivity contribution in [1.82, 2.24) is 0 Å². The average molecular weight is 354 g/mol. The number of nitrogens with one attached hydrogen (secondary N) is 1. The zero-order valence-electron chi connectivity index (χ0n) is 13.5. The number of halogens is 1. The molecular formula is C20H16ClNO3. The average Bonchev–Trinajstić information content (AvgIpc) is 2.63. The highest BCUT2D eigenvalue weighted by molar-refractivity contribution is 6.32. The number of benzene rings is 3. The molecule has 0 saturated carbocycles. The molecule has 0 saturated heterocycles. The molecule has 2 N–H and O–H groups in total. The lowest BCUT2D eigenvalue weighted by atomic mass is 9.83. The molecule has 1 heterocycles. The van der Waals surface area contributed by atoms with Crippen LogP contribution in [0.4, 0.5) is 5.69 Å². The maximum Gasteiger partial charge on any atom is 0.225 e. The van der Waals surface area contributed by atoms with Crippen molar-refractivity contribution < 1.29 is 14.6 Å².